The molecule has 2 N–H and O–H groups in total. The normalized spacial score (nSPS) is 17.9. The van der Waals surface area contributed by atoms with Gasteiger partial charge < -0.3 is 10.2 Å². The lowest BCUT2D eigenvalue weighted by Gasteiger charge is -2.28. The summed E-state index contributed by atoms with van der Waals surface area (Å²) in [6, 6.07) is 1.32. The highest BCUT2D eigenvalue weighted by atomic mass is 32.2. The van der Waals surface area contributed by atoms with Crippen LogP contribution in [0.15, 0.2) is 17.0 Å². The highest BCUT2D eigenvalue weighted by Crippen LogP contribution is 2.26. The van der Waals surface area contributed by atoms with Crippen LogP contribution in [0.5, 0.6) is 0 Å². The molecule has 9 heteroatoms. The number of sulfonamides is 1. The molecule has 0 unspecified atom stereocenters. The highest BCUT2D eigenvalue weighted by molar-refractivity contribution is 7.89. The zero-order valence-corrected chi connectivity index (χ0v) is 11.6. The Balaban J connectivity index is 2.46. The van der Waals surface area contributed by atoms with Crippen molar-refractivity contribution in [2.24, 2.45) is 0 Å². The molecule has 0 radical (unpaired) electrons. The zero-order chi connectivity index (χ0) is 15.8. The number of hydrogen-bond acceptors (Lipinski definition) is 4. The highest BCUT2D eigenvalue weighted by Gasteiger charge is 2.33. The minimum absolute atomic E-state index is 0.0112. The van der Waals surface area contributed by atoms with Crippen molar-refractivity contribution in [3.05, 3.63) is 29.3 Å². The quantitative estimate of drug-likeness (QED) is 0.859. The Kier molecular flexibility index (Phi) is 4.26. The summed E-state index contributed by atoms with van der Waals surface area (Å²) in [7, 11) is -4.27. The van der Waals surface area contributed by atoms with Gasteiger partial charge in [-0.25, -0.2) is 22.0 Å². The molecule has 0 atom stereocenters. The molecule has 1 heterocycles. The average molecular weight is 321 g/mol. The first kappa shape index (κ1) is 15.8. The van der Waals surface area contributed by atoms with Gasteiger partial charge in [-0.05, 0) is 25.0 Å². The summed E-state index contributed by atoms with van der Waals surface area (Å²) in [6.07, 6.45) is -0.217. The summed E-state index contributed by atoms with van der Waals surface area (Å²) < 4.78 is 52.9. The van der Waals surface area contributed by atoms with Crippen molar-refractivity contribution in [2.45, 2.75) is 23.8 Å². The number of carboxylic acids is 1. The van der Waals surface area contributed by atoms with Crippen LogP contribution >= 0.6 is 0 Å². The third-order valence-electron chi connectivity index (χ3n) is 3.31. The first-order valence-corrected chi connectivity index (χ1v) is 7.58. The Hall–Kier alpha value is -1.58. The van der Waals surface area contributed by atoms with Crippen molar-refractivity contribution in [1.82, 2.24) is 4.31 Å². The van der Waals surface area contributed by atoms with E-state index >= 15 is 0 Å². The second kappa shape index (κ2) is 5.66. The van der Waals surface area contributed by atoms with Crippen molar-refractivity contribution >= 4 is 16.0 Å². The topological polar surface area (TPSA) is 94.9 Å². The number of hydrogen-bond donors (Lipinski definition) is 2. The van der Waals surface area contributed by atoms with E-state index in [1.165, 1.54) is 0 Å². The minimum atomic E-state index is -4.27. The predicted octanol–water partition coefficient (Wildman–Crippen LogP) is 0.808. The van der Waals surface area contributed by atoms with E-state index < -0.39 is 44.2 Å². The SMILES string of the molecule is O=C(O)c1c(F)ccc(S(=O)(=O)N2CCC(O)CC2)c1F. The van der Waals surface area contributed by atoms with Crippen molar-refractivity contribution in [2.75, 3.05) is 13.1 Å². The second-order valence-corrected chi connectivity index (χ2v) is 6.58. The standard InChI is InChI=1S/C12H13F2NO5S/c13-8-1-2-9(11(14)10(8)12(17)18)21(19,20)15-5-3-7(16)4-6-15/h1-2,7,16H,3-6H2,(H,17,18). The fraction of sp³-hybridized carbons (Fsp3) is 0.417. The van der Waals surface area contributed by atoms with E-state index in [1.54, 1.807) is 0 Å². The number of piperidine rings is 1. The van der Waals surface area contributed by atoms with Gasteiger partial charge in [0.1, 0.15) is 16.3 Å². The van der Waals surface area contributed by atoms with Crippen LogP contribution in [0.3, 0.4) is 0 Å². The number of benzene rings is 1. The monoisotopic (exact) mass is 321 g/mol. The van der Waals surface area contributed by atoms with E-state index in [0.29, 0.717) is 12.1 Å². The summed E-state index contributed by atoms with van der Waals surface area (Å²) in [5.74, 6) is -4.84. The van der Waals surface area contributed by atoms with Crippen LogP contribution in [-0.2, 0) is 10.0 Å². The lowest BCUT2D eigenvalue weighted by Crippen LogP contribution is -2.40. The van der Waals surface area contributed by atoms with Crippen molar-refractivity contribution in [3.8, 4) is 0 Å². The van der Waals surface area contributed by atoms with Gasteiger partial charge in [-0.15, -0.1) is 0 Å². The summed E-state index contributed by atoms with van der Waals surface area (Å²) in [6.45, 7) is -0.0224. The molecule has 1 aliphatic heterocycles. The lowest BCUT2D eigenvalue weighted by atomic mass is 10.1. The van der Waals surface area contributed by atoms with Gasteiger partial charge in [-0.3, -0.25) is 0 Å². The number of aliphatic hydroxyl groups excluding tert-OH is 1. The van der Waals surface area contributed by atoms with Gasteiger partial charge in [0, 0.05) is 13.1 Å². The zero-order valence-electron chi connectivity index (χ0n) is 10.8. The van der Waals surface area contributed by atoms with E-state index in [1.807, 2.05) is 0 Å². The molecule has 2 rings (SSSR count). The van der Waals surface area contributed by atoms with Gasteiger partial charge in [-0.1, -0.05) is 0 Å². The third kappa shape index (κ3) is 2.89. The third-order valence-corrected chi connectivity index (χ3v) is 5.23. The molecule has 1 saturated heterocycles. The number of halogens is 2. The van der Waals surface area contributed by atoms with Gasteiger partial charge in [0.05, 0.1) is 6.10 Å². The van der Waals surface area contributed by atoms with Crippen LogP contribution < -0.4 is 0 Å². The molecule has 1 fully saturated rings. The molecular formula is C12H13F2NO5S. The Morgan fingerprint density at radius 3 is 2.33 bits per heavy atom. The summed E-state index contributed by atoms with van der Waals surface area (Å²) >= 11 is 0. The second-order valence-electron chi connectivity index (χ2n) is 4.67. The molecule has 1 aromatic rings. The lowest BCUT2D eigenvalue weighted by molar-refractivity contribution is 0.0685. The predicted molar refractivity (Wildman–Crippen MR) is 67.3 cm³/mol. The Labute approximate surface area is 119 Å². The molecule has 0 amide bonds. The smallest absolute Gasteiger partial charge is 0.341 e. The van der Waals surface area contributed by atoms with Crippen molar-refractivity contribution in [3.63, 3.8) is 0 Å². The van der Waals surface area contributed by atoms with E-state index in [2.05, 4.69) is 0 Å². The number of nitrogens with zero attached hydrogens (tertiary/aromatic N) is 1. The van der Waals surface area contributed by atoms with Crippen molar-refractivity contribution < 1.29 is 32.2 Å². The van der Waals surface area contributed by atoms with Crippen LogP contribution in [0.1, 0.15) is 23.2 Å². The minimum Gasteiger partial charge on any atom is -0.477 e. The van der Waals surface area contributed by atoms with Gasteiger partial charge in [-0.2, -0.15) is 4.31 Å². The van der Waals surface area contributed by atoms with Crippen LogP contribution in [0.2, 0.25) is 0 Å². The first-order chi connectivity index (χ1) is 9.75. The molecule has 116 valence electrons. The van der Waals surface area contributed by atoms with E-state index in [-0.39, 0.29) is 25.9 Å². The Morgan fingerprint density at radius 1 is 1.24 bits per heavy atom. The maximum absolute atomic E-state index is 14.0. The fourth-order valence-electron chi connectivity index (χ4n) is 2.15. The number of aromatic carboxylic acids is 1. The van der Waals surface area contributed by atoms with Crippen LogP contribution in [0, 0.1) is 11.6 Å². The number of carbonyl (C=O) groups is 1. The number of aliphatic hydroxyl groups is 1. The molecule has 21 heavy (non-hydrogen) atoms. The average Bonchev–Trinajstić information content (AvgIpc) is 2.38. The molecule has 0 aliphatic carbocycles. The molecule has 1 aliphatic rings. The maximum Gasteiger partial charge on any atom is 0.341 e. The molecule has 1 aromatic carbocycles. The molecule has 6 nitrogen and oxygen atoms in total. The maximum atomic E-state index is 14.0. The molecule has 0 bridgehead atoms. The first-order valence-electron chi connectivity index (χ1n) is 6.14. The van der Waals surface area contributed by atoms with E-state index in [9.17, 15) is 27.1 Å². The summed E-state index contributed by atoms with van der Waals surface area (Å²) in [5.41, 5.74) is -1.30. The van der Waals surface area contributed by atoms with Crippen LogP contribution in [0.25, 0.3) is 0 Å². The van der Waals surface area contributed by atoms with E-state index in [4.69, 9.17) is 5.11 Å². The molecule has 0 spiro atoms. The van der Waals surface area contributed by atoms with Gasteiger partial charge in [0.15, 0.2) is 5.82 Å². The summed E-state index contributed by atoms with van der Waals surface area (Å²) in [5, 5.41) is 18.1. The van der Waals surface area contributed by atoms with Crippen LogP contribution in [-0.4, -0.2) is 48.1 Å². The Morgan fingerprint density at radius 2 is 1.81 bits per heavy atom. The van der Waals surface area contributed by atoms with Gasteiger partial charge in [0.25, 0.3) is 0 Å². The Bertz CT molecular complexity index is 668. The summed E-state index contributed by atoms with van der Waals surface area (Å²) in [4.78, 5) is 9.94. The van der Waals surface area contributed by atoms with Gasteiger partial charge >= 0.3 is 5.97 Å². The van der Waals surface area contributed by atoms with Crippen LogP contribution in [0.4, 0.5) is 8.78 Å². The number of rotatable bonds is 3. The van der Waals surface area contributed by atoms with Crippen molar-refractivity contribution in [1.29, 1.82) is 0 Å². The molecule has 0 saturated carbocycles. The molecule has 0 aromatic heterocycles. The van der Waals surface area contributed by atoms with E-state index in [0.717, 1.165) is 4.31 Å². The largest absolute Gasteiger partial charge is 0.477 e. The fourth-order valence-corrected chi connectivity index (χ4v) is 3.69. The van der Waals surface area contributed by atoms with Gasteiger partial charge in [0.2, 0.25) is 10.0 Å². The number of carboxylic acid groups (broad SMARTS) is 1. The molecular weight excluding hydrogens is 308 g/mol.